The zero-order valence-electron chi connectivity index (χ0n) is 12.6. The molecule has 1 saturated heterocycles. The van der Waals surface area contributed by atoms with Gasteiger partial charge in [-0.25, -0.2) is 0 Å². The van der Waals surface area contributed by atoms with Crippen LogP contribution in [-0.4, -0.2) is 62.7 Å². The summed E-state index contributed by atoms with van der Waals surface area (Å²) in [5, 5.41) is 5.84. The van der Waals surface area contributed by atoms with Crippen LogP contribution in [0.4, 0.5) is 0 Å². The number of carbonyl (C=O) groups excluding carboxylic acids is 2. The van der Waals surface area contributed by atoms with Gasteiger partial charge in [0.2, 0.25) is 11.8 Å². The van der Waals surface area contributed by atoms with E-state index < -0.39 is 6.04 Å². The highest BCUT2D eigenvalue weighted by molar-refractivity contribution is 5.88. The Hall–Kier alpha value is -1.11. The summed E-state index contributed by atoms with van der Waals surface area (Å²) in [6, 6.07) is -0.407. The highest BCUT2D eigenvalue weighted by Crippen LogP contribution is 2.07. The summed E-state index contributed by atoms with van der Waals surface area (Å²) in [5.74, 6) is -0.108. The number of piperazine rings is 1. The first kappa shape index (κ1) is 19.9. The maximum atomic E-state index is 12.2. The van der Waals surface area contributed by atoms with E-state index in [1.165, 1.54) is 0 Å². The number of ether oxygens (including phenoxy) is 1. The molecule has 0 bridgehead atoms. The Morgan fingerprint density at radius 3 is 3.05 bits per heavy atom. The SMILES string of the molecule is C=CCCCN1CCNC(CC(=O)NCCOC)C1=O.Cl. The van der Waals surface area contributed by atoms with Gasteiger partial charge in [0.15, 0.2) is 0 Å². The van der Waals surface area contributed by atoms with Crippen LogP contribution in [0, 0.1) is 0 Å². The largest absolute Gasteiger partial charge is 0.383 e. The average molecular weight is 320 g/mol. The topological polar surface area (TPSA) is 70.7 Å². The number of hydrogen-bond donors (Lipinski definition) is 2. The molecule has 0 radical (unpaired) electrons. The zero-order valence-corrected chi connectivity index (χ0v) is 13.4. The van der Waals surface area contributed by atoms with Crippen molar-refractivity contribution in [3.8, 4) is 0 Å². The fourth-order valence-electron chi connectivity index (χ4n) is 2.15. The van der Waals surface area contributed by atoms with Crippen molar-refractivity contribution in [2.45, 2.75) is 25.3 Å². The summed E-state index contributed by atoms with van der Waals surface area (Å²) < 4.78 is 4.86. The first-order valence-electron chi connectivity index (χ1n) is 7.07. The lowest BCUT2D eigenvalue weighted by atomic mass is 10.1. The van der Waals surface area contributed by atoms with Crippen molar-refractivity contribution in [3.63, 3.8) is 0 Å². The van der Waals surface area contributed by atoms with Gasteiger partial charge in [-0.3, -0.25) is 9.59 Å². The number of rotatable bonds is 9. The van der Waals surface area contributed by atoms with Crippen molar-refractivity contribution in [1.29, 1.82) is 0 Å². The van der Waals surface area contributed by atoms with Crippen LogP contribution in [0.2, 0.25) is 0 Å². The lowest BCUT2D eigenvalue weighted by molar-refractivity contribution is -0.138. The number of methoxy groups -OCH3 is 1. The van der Waals surface area contributed by atoms with Gasteiger partial charge in [0.25, 0.3) is 0 Å². The molecule has 1 fully saturated rings. The Morgan fingerprint density at radius 2 is 2.38 bits per heavy atom. The molecule has 0 spiro atoms. The minimum atomic E-state index is -0.407. The molecule has 0 aliphatic carbocycles. The molecule has 0 saturated carbocycles. The van der Waals surface area contributed by atoms with Crippen LogP contribution in [0.5, 0.6) is 0 Å². The summed E-state index contributed by atoms with van der Waals surface area (Å²) in [7, 11) is 1.58. The number of nitrogens with zero attached hydrogens (tertiary/aromatic N) is 1. The van der Waals surface area contributed by atoms with Crippen LogP contribution in [0.1, 0.15) is 19.3 Å². The van der Waals surface area contributed by atoms with E-state index in [9.17, 15) is 9.59 Å². The molecule has 1 unspecified atom stereocenters. The van der Waals surface area contributed by atoms with Crippen LogP contribution >= 0.6 is 12.4 Å². The van der Waals surface area contributed by atoms with Gasteiger partial charge < -0.3 is 20.3 Å². The normalized spacial score (nSPS) is 18.0. The highest BCUT2D eigenvalue weighted by Gasteiger charge is 2.29. The van der Waals surface area contributed by atoms with Crippen molar-refractivity contribution < 1.29 is 14.3 Å². The van der Waals surface area contributed by atoms with Crippen molar-refractivity contribution in [2.75, 3.05) is 39.9 Å². The van der Waals surface area contributed by atoms with Crippen LogP contribution in [-0.2, 0) is 14.3 Å². The first-order valence-corrected chi connectivity index (χ1v) is 7.07. The molecule has 1 aliphatic rings. The molecule has 0 aromatic carbocycles. The number of carbonyl (C=O) groups is 2. The van der Waals surface area contributed by atoms with Gasteiger partial charge in [0.1, 0.15) is 0 Å². The highest BCUT2D eigenvalue weighted by atomic mass is 35.5. The number of halogens is 1. The zero-order chi connectivity index (χ0) is 14.8. The molecule has 7 heteroatoms. The second-order valence-corrected chi connectivity index (χ2v) is 4.81. The molecular weight excluding hydrogens is 294 g/mol. The molecule has 1 atom stereocenters. The molecule has 0 aromatic heterocycles. The van der Waals surface area contributed by atoms with E-state index in [-0.39, 0.29) is 30.6 Å². The number of allylic oxidation sites excluding steroid dienone is 1. The second-order valence-electron chi connectivity index (χ2n) is 4.81. The minimum absolute atomic E-state index is 0. The third-order valence-corrected chi connectivity index (χ3v) is 3.24. The third-order valence-electron chi connectivity index (χ3n) is 3.24. The van der Waals surface area contributed by atoms with Gasteiger partial charge in [-0.2, -0.15) is 0 Å². The Kier molecular flexibility index (Phi) is 10.9. The summed E-state index contributed by atoms with van der Waals surface area (Å²) >= 11 is 0. The Bertz CT molecular complexity index is 339. The van der Waals surface area contributed by atoms with Crippen molar-refractivity contribution in [2.24, 2.45) is 0 Å². The van der Waals surface area contributed by atoms with Crippen LogP contribution in [0.3, 0.4) is 0 Å². The summed E-state index contributed by atoms with van der Waals surface area (Å²) in [4.78, 5) is 25.8. The van der Waals surface area contributed by atoms with Gasteiger partial charge in [-0.15, -0.1) is 19.0 Å². The van der Waals surface area contributed by atoms with Crippen LogP contribution < -0.4 is 10.6 Å². The second kappa shape index (κ2) is 11.5. The summed E-state index contributed by atoms with van der Waals surface area (Å²) in [6.45, 7) is 6.79. The van der Waals surface area contributed by atoms with Gasteiger partial charge in [-0.1, -0.05) is 6.08 Å². The summed E-state index contributed by atoms with van der Waals surface area (Å²) in [6.07, 6.45) is 3.86. The van der Waals surface area contributed by atoms with Gasteiger partial charge in [-0.05, 0) is 12.8 Å². The van der Waals surface area contributed by atoms with Gasteiger partial charge >= 0.3 is 0 Å². The quantitative estimate of drug-likeness (QED) is 0.474. The Balaban J connectivity index is 0.00000400. The number of hydrogen-bond acceptors (Lipinski definition) is 4. The standard InChI is InChI=1S/C14H25N3O3.ClH/c1-3-4-5-8-17-9-6-15-12(14(17)19)11-13(18)16-7-10-20-2;/h3,12,15H,1,4-11H2,2H3,(H,16,18);1H. The van der Waals surface area contributed by atoms with E-state index >= 15 is 0 Å². The van der Waals surface area contributed by atoms with E-state index in [0.29, 0.717) is 19.7 Å². The first-order chi connectivity index (χ1) is 9.69. The molecule has 2 N–H and O–H groups in total. The van der Waals surface area contributed by atoms with Crippen molar-refractivity contribution in [1.82, 2.24) is 15.5 Å². The Labute approximate surface area is 132 Å². The molecule has 2 amide bonds. The molecule has 0 aromatic rings. The fourth-order valence-corrected chi connectivity index (χ4v) is 2.15. The van der Waals surface area contributed by atoms with Crippen LogP contribution in [0.15, 0.2) is 12.7 Å². The third kappa shape index (κ3) is 7.45. The van der Waals surface area contributed by atoms with Gasteiger partial charge in [0, 0.05) is 33.3 Å². The van der Waals surface area contributed by atoms with Crippen molar-refractivity contribution in [3.05, 3.63) is 12.7 Å². The van der Waals surface area contributed by atoms with E-state index in [0.717, 1.165) is 25.9 Å². The molecule has 6 nitrogen and oxygen atoms in total. The predicted molar refractivity (Wildman–Crippen MR) is 84.6 cm³/mol. The fraction of sp³-hybridized carbons (Fsp3) is 0.714. The average Bonchev–Trinajstić information content (AvgIpc) is 2.43. The molecule has 1 heterocycles. The minimum Gasteiger partial charge on any atom is -0.383 e. The molecule has 122 valence electrons. The maximum Gasteiger partial charge on any atom is 0.240 e. The Morgan fingerprint density at radius 1 is 1.62 bits per heavy atom. The monoisotopic (exact) mass is 319 g/mol. The van der Waals surface area contributed by atoms with Gasteiger partial charge in [0.05, 0.1) is 19.1 Å². The lowest BCUT2D eigenvalue weighted by Crippen LogP contribution is -2.56. The molecule has 1 rings (SSSR count). The number of nitrogens with one attached hydrogen (secondary N) is 2. The lowest BCUT2D eigenvalue weighted by Gasteiger charge is -2.33. The molecule has 1 aliphatic heterocycles. The van der Waals surface area contributed by atoms with E-state index in [2.05, 4.69) is 17.2 Å². The summed E-state index contributed by atoms with van der Waals surface area (Å²) in [5.41, 5.74) is 0. The van der Waals surface area contributed by atoms with Crippen LogP contribution in [0.25, 0.3) is 0 Å². The molecule has 21 heavy (non-hydrogen) atoms. The van der Waals surface area contributed by atoms with E-state index in [1.54, 1.807) is 7.11 Å². The number of unbranched alkanes of at least 4 members (excludes halogenated alkanes) is 1. The van der Waals surface area contributed by atoms with E-state index in [1.807, 2.05) is 11.0 Å². The van der Waals surface area contributed by atoms with Crippen molar-refractivity contribution >= 4 is 24.2 Å². The van der Waals surface area contributed by atoms with E-state index in [4.69, 9.17) is 4.74 Å². The predicted octanol–water partition coefficient (Wildman–Crippen LogP) is 0.328. The molecular formula is C14H26ClN3O3. The smallest absolute Gasteiger partial charge is 0.240 e. The number of amides is 2. The maximum absolute atomic E-state index is 12.2.